The van der Waals surface area contributed by atoms with Crippen molar-refractivity contribution in [3.63, 3.8) is 0 Å². The molecule has 100 valence electrons. The third-order valence-corrected chi connectivity index (χ3v) is 3.23. The molecule has 1 heterocycles. The summed E-state index contributed by atoms with van der Waals surface area (Å²) in [5.74, 6) is 0. The van der Waals surface area contributed by atoms with Gasteiger partial charge in [-0.15, -0.1) is 0 Å². The van der Waals surface area contributed by atoms with Crippen LogP contribution in [-0.2, 0) is 0 Å². The summed E-state index contributed by atoms with van der Waals surface area (Å²) in [6.45, 7) is 0. The summed E-state index contributed by atoms with van der Waals surface area (Å²) in [4.78, 5) is 15.0. The smallest absolute Gasteiger partial charge is 0.319 e. The van der Waals surface area contributed by atoms with Crippen LogP contribution in [0.15, 0.2) is 54.6 Å². The molecule has 0 atom stereocenters. The fourth-order valence-corrected chi connectivity index (χ4v) is 2.27. The number of hydrogen-bond acceptors (Lipinski definition) is 1. The Morgan fingerprint density at radius 2 is 1.70 bits per heavy atom. The van der Waals surface area contributed by atoms with Crippen molar-refractivity contribution < 1.29 is 4.79 Å². The number of aromatic nitrogens is 1. The third kappa shape index (κ3) is 2.12. The van der Waals surface area contributed by atoms with E-state index in [2.05, 4.69) is 15.6 Å². The van der Waals surface area contributed by atoms with Crippen molar-refractivity contribution in [1.29, 1.82) is 0 Å². The monoisotopic (exact) mass is 265 g/mol. The molecule has 3 N–H and O–H groups in total. The number of carbonyl (C=O) groups excluding carboxylic acids is 1. The Balaban J connectivity index is 2.20. The number of urea groups is 1. The van der Waals surface area contributed by atoms with Crippen molar-refractivity contribution in [3.05, 3.63) is 54.6 Å². The molecule has 0 unspecified atom stereocenters. The van der Waals surface area contributed by atoms with E-state index in [9.17, 15) is 4.79 Å². The highest BCUT2D eigenvalue weighted by Gasteiger charge is 2.14. The van der Waals surface area contributed by atoms with Gasteiger partial charge in [0.25, 0.3) is 0 Å². The standard InChI is InChI=1S/C16H15N3O/c1-17-16(20)19-15-12-9-5-6-10-13(12)18-14(15)11-7-3-2-4-8-11/h2-10,18H,1H3,(H2,17,19,20). The van der Waals surface area contributed by atoms with Crippen LogP contribution in [0.25, 0.3) is 22.2 Å². The molecule has 2 amide bonds. The highest BCUT2D eigenvalue weighted by atomic mass is 16.2. The summed E-state index contributed by atoms with van der Waals surface area (Å²) >= 11 is 0. The second kappa shape index (κ2) is 5.09. The molecule has 3 rings (SSSR count). The number of aromatic amines is 1. The first-order chi connectivity index (χ1) is 9.79. The average Bonchev–Trinajstić information content (AvgIpc) is 2.87. The molecule has 0 radical (unpaired) electrons. The minimum Gasteiger partial charge on any atom is -0.353 e. The van der Waals surface area contributed by atoms with Crippen molar-refractivity contribution in [3.8, 4) is 11.3 Å². The molecule has 0 spiro atoms. The number of fused-ring (bicyclic) bond motifs is 1. The van der Waals surface area contributed by atoms with Crippen LogP contribution in [0.3, 0.4) is 0 Å². The Bertz CT molecular complexity index is 747. The Morgan fingerprint density at radius 3 is 2.45 bits per heavy atom. The minimum absolute atomic E-state index is 0.230. The second-order valence-corrected chi connectivity index (χ2v) is 4.49. The SMILES string of the molecule is CNC(=O)Nc1c(-c2ccccc2)[nH]c2ccccc12. The number of anilines is 1. The van der Waals surface area contributed by atoms with Crippen LogP contribution in [0.1, 0.15) is 0 Å². The highest BCUT2D eigenvalue weighted by molar-refractivity contribution is 6.07. The molecule has 0 aliphatic heterocycles. The van der Waals surface area contributed by atoms with Crippen LogP contribution < -0.4 is 10.6 Å². The first-order valence-electron chi connectivity index (χ1n) is 6.44. The maximum atomic E-state index is 11.7. The van der Waals surface area contributed by atoms with Crippen LogP contribution in [0.4, 0.5) is 10.5 Å². The fourth-order valence-electron chi connectivity index (χ4n) is 2.27. The number of nitrogens with one attached hydrogen (secondary N) is 3. The maximum Gasteiger partial charge on any atom is 0.319 e. The zero-order chi connectivity index (χ0) is 13.9. The van der Waals surface area contributed by atoms with Gasteiger partial charge in [-0.05, 0) is 6.07 Å². The quantitative estimate of drug-likeness (QED) is 0.651. The number of para-hydroxylation sites is 1. The van der Waals surface area contributed by atoms with Gasteiger partial charge in [-0.3, -0.25) is 0 Å². The number of rotatable bonds is 2. The van der Waals surface area contributed by atoms with Crippen molar-refractivity contribution >= 4 is 22.6 Å². The lowest BCUT2D eigenvalue weighted by Crippen LogP contribution is -2.24. The molecular weight excluding hydrogens is 250 g/mol. The van der Waals surface area contributed by atoms with E-state index in [-0.39, 0.29) is 6.03 Å². The van der Waals surface area contributed by atoms with Crippen molar-refractivity contribution in [1.82, 2.24) is 10.3 Å². The molecule has 0 aliphatic carbocycles. The molecule has 4 nitrogen and oxygen atoms in total. The van der Waals surface area contributed by atoms with E-state index in [0.29, 0.717) is 0 Å². The van der Waals surface area contributed by atoms with E-state index in [0.717, 1.165) is 27.8 Å². The van der Waals surface area contributed by atoms with Gasteiger partial charge in [0, 0.05) is 23.5 Å². The molecule has 0 saturated heterocycles. The number of H-pyrrole nitrogens is 1. The normalized spacial score (nSPS) is 10.4. The maximum absolute atomic E-state index is 11.7. The predicted octanol–water partition coefficient (Wildman–Crippen LogP) is 3.59. The van der Waals surface area contributed by atoms with Gasteiger partial charge in [-0.2, -0.15) is 0 Å². The number of carbonyl (C=O) groups is 1. The Hall–Kier alpha value is -2.75. The van der Waals surface area contributed by atoms with Crippen LogP contribution in [-0.4, -0.2) is 18.1 Å². The lowest BCUT2D eigenvalue weighted by Gasteiger charge is -2.07. The van der Waals surface area contributed by atoms with Gasteiger partial charge in [0.15, 0.2) is 0 Å². The van der Waals surface area contributed by atoms with Gasteiger partial charge in [-0.1, -0.05) is 48.5 Å². The van der Waals surface area contributed by atoms with Gasteiger partial charge in [0.05, 0.1) is 11.4 Å². The van der Waals surface area contributed by atoms with Gasteiger partial charge in [0.1, 0.15) is 0 Å². The fraction of sp³-hybridized carbons (Fsp3) is 0.0625. The van der Waals surface area contributed by atoms with E-state index in [1.165, 1.54) is 0 Å². The summed E-state index contributed by atoms with van der Waals surface area (Å²) in [7, 11) is 1.60. The van der Waals surface area contributed by atoms with Gasteiger partial charge in [-0.25, -0.2) is 4.79 Å². The van der Waals surface area contributed by atoms with Crippen LogP contribution in [0.2, 0.25) is 0 Å². The second-order valence-electron chi connectivity index (χ2n) is 4.49. The molecule has 4 heteroatoms. The van der Waals surface area contributed by atoms with Crippen LogP contribution >= 0.6 is 0 Å². The topological polar surface area (TPSA) is 56.9 Å². The lowest BCUT2D eigenvalue weighted by atomic mass is 10.1. The van der Waals surface area contributed by atoms with Gasteiger partial charge < -0.3 is 15.6 Å². The van der Waals surface area contributed by atoms with E-state index >= 15 is 0 Å². The molecule has 20 heavy (non-hydrogen) atoms. The lowest BCUT2D eigenvalue weighted by molar-refractivity contribution is 0.254. The summed E-state index contributed by atoms with van der Waals surface area (Å²) < 4.78 is 0. The molecule has 1 aromatic heterocycles. The van der Waals surface area contributed by atoms with E-state index in [1.807, 2.05) is 54.6 Å². The third-order valence-electron chi connectivity index (χ3n) is 3.23. The highest BCUT2D eigenvalue weighted by Crippen LogP contribution is 2.34. The van der Waals surface area contributed by atoms with E-state index < -0.39 is 0 Å². The largest absolute Gasteiger partial charge is 0.353 e. The molecule has 0 fully saturated rings. The van der Waals surface area contributed by atoms with Crippen LogP contribution in [0.5, 0.6) is 0 Å². The summed E-state index contributed by atoms with van der Waals surface area (Å²) in [5.41, 5.74) is 3.74. The first kappa shape index (κ1) is 12.3. The minimum atomic E-state index is -0.230. The Labute approximate surface area is 116 Å². The molecule has 3 aromatic rings. The predicted molar refractivity (Wildman–Crippen MR) is 81.8 cm³/mol. The van der Waals surface area contributed by atoms with Gasteiger partial charge >= 0.3 is 6.03 Å². The summed E-state index contributed by atoms with van der Waals surface area (Å²) in [5, 5.41) is 6.48. The Kier molecular flexibility index (Phi) is 3.13. The zero-order valence-corrected chi connectivity index (χ0v) is 11.1. The van der Waals surface area contributed by atoms with Crippen molar-refractivity contribution in [2.24, 2.45) is 0 Å². The molecule has 0 bridgehead atoms. The molecular formula is C16H15N3O. The summed E-state index contributed by atoms with van der Waals surface area (Å²) in [6, 6.07) is 17.6. The first-order valence-corrected chi connectivity index (χ1v) is 6.44. The molecule has 0 saturated carbocycles. The number of hydrogen-bond donors (Lipinski definition) is 3. The van der Waals surface area contributed by atoms with Crippen molar-refractivity contribution in [2.75, 3.05) is 12.4 Å². The number of amides is 2. The molecule has 2 aromatic carbocycles. The molecule has 0 aliphatic rings. The Morgan fingerprint density at radius 1 is 1.00 bits per heavy atom. The number of benzene rings is 2. The van der Waals surface area contributed by atoms with E-state index in [1.54, 1.807) is 7.05 Å². The zero-order valence-electron chi connectivity index (χ0n) is 11.1. The summed E-state index contributed by atoms with van der Waals surface area (Å²) in [6.07, 6.45) is 0. The van der Waals surface area contributed by atoms with Crippen LogP contribution in [0, 0.1) is 0 Å². The van der Waals surface area contributed by atoms with E-state index in [4.69, 9.17) is 0 Å². The average molecular weight is 265 g/mol. The van der Waals surface area contributed by atoms with Crippen molar-refractivity contribution in [2.45, 2.75) is 0 Å². The van der Waals surface area contributed by atoms with Gasteiger partial charge in [0.2, 0.25) is 0 Å².